The molecule has 1 amide bonds. The number of furan rings is 1. The van der Waals surface area contributed by atoms with E-state index in [1.165, 1.54) is 35.4 Å². The minimum atomic E-state index is -0.532. The van der Waals surface area contributed by atoms with Gasteiger partial charge in [0.15, 0.2) is 5.11 Å². The van der Waals surface area contributed by atoms with Gasteiger partial charge in [0.25, 0.3) is 11.6 Å². The largest absolute Gasteiger partial charge is 0.467 e. The zero-order chi connectivity index (χ0) is 17.3. The van der Waals surface area contributed by atoms with E-state index in [4.69, 9.17) is 28.2 Å². The molecule has 0 bridgehead atoms. The van der Waals surface area contributed by atoms with Crippen LogP contribution in [0.25, 0.3) is 6.08 Å². The second kappa shape index (κ2) is 6.42. The van der Waals surface area contributed by atoms with Crippen LogP contribution in [0.4, 0.5) is 5.69 Å². The van der Waals surface area contributed by atoms with Crippen molar-refractivity contribution in [3.8, 4) is 0 Å². The third kappa shape index (κ3) is 3.15. The maximum absolute atomic E-state index is 12.5. The maximum atomic E-state index is 12.5. The predicted molar refractivity (Wildman–Crippen MR) is 91.1 cm³/mol. The van der Waals surface area contributed by atoms with Gasteiger partial charge in [0.05, 0.1) is 17.7 Å². The van der Waals surface area contributed by atoms with Crippen LogP contribution in [0.3, 0.4) is 0 Å². The van der Waals surface area contributed by atoms with Crippen molar-refractivity contribution in [2.75, 3.05) is 0 Å². The Morgan fingerprint density at radius 3 is 2.88 bits per heavy atom. The Labute approximate surface area is 146 Å². The number of nitro groups is 1. The first-order valence-electron chi connectivity index (χ1n) is 6.76. The van der Waals surface area contributed by atoms with Crippen molar-refractivity contribution < 1.29 is 14.1 Å². The first-order valence-corrected chi connectivity index (χ1v) is 7.55. The predicted octanol–water partition coefficient (Wildman–Crippen LogP) is 3.10. The highest BCUT2D eigenvalue weighted by Crippen LogP contribution is 2.25. The molecule has 1 aromatic carbocycles. The minimum Gasteiger partial charge on any atom is -0.467 e. The van der Waals surface area contributed by atoms with E-state index in [0.29, 0.717) is 11.3 Å². The lowest BCUT2D eigenvalue weighted by Crippen LogP contribution is -2.29. The number of nitrogens with one attached hydrogen (secondary N) is 1. The van der Waals surface area contributed by atoms with Gasteiger partial charge in [-0.1, -0.05) is 11.6 Å². The third-order valence-corrected chi connectivity index (χ3v) is 4.01. The molecule has 3 rings (SSSR count). The molecule has 0 radical (unpaired) electrons. The fourth-order valence-electron chi connectivity index (χ4n) is 2.18. The van der Waals surface area contributed by atoms with Gasteiger partial charge in [0.2, 0.25) is 0 Å². The molecular formula is C15H10ClN3O4S. The average molecular weight is 364 g/mol. The summed E-state index contributed by atoms with van der Waals surface area (Å²) in [6, 6.07) is 7.44. The van der Waals surface area contributed by atoms with E-state index in [1.807, 2.05) is 0 Å². The van der Waals surface area contributed by atoms with E-state index < -0.39 is 4.92 Å². The fraction of sp³-hybridized carbons (Fsp3) is 0.0667. The highest BCUT2D eigenvalue weighted by atomic mass is 35.5. The number of hydrogen-bond acceptors (Lipinski definition) is 5. The zero-order valence-electron chi connectivity index (χ0n) is 12.1. The van der Waals surface area contributed by atoms with Crippen molar-refractivity contribution in [2.45, 2.75) is 6.54 Å². The van der Waals surface area contributed by atoms with E-state index in [1.54, 1.807) is 12.1 Å². The number of non-ortho nitro benzene ring substituents is 1. The monoisotopic (exact) mass is 363 g/mol. The number of benzene rings is 1. The first kappa shape index (κ1) is 16.2. The van der Waals surface area contributed by atoms with Crippen molar-refractivity contribution in [3.63, 3.8) is 0 Å². The fourth-order valence-corrected chi connectivity index (χ4v) is 2.61. The van der Waals surface area contributed by atoms with Crippen LogP contribution >= 0.6 is 23.8 Å². The highest BCUT2D eigenvalue weighted by molar-refractivity contribution is 7.80. The van der Waals surface area contributed by atoms with Gasteiger partial charge >= 0.3 is 0 Å². The van der Waals surface area contributed by atoms with Crippen LogP contribution in [-0.4, -0.2) is 20.8 Å². The third-order valence-electron chi connectivity index (χ3n) is 3.35. The summed E-state index contributed by atoms with van der Waals surface area (Å²) < 4.78 is 5.21. The Hall–Kier alpha value is -2.71. The zero-order valence-corrected chi connectivity index (χ0v) is 13.6. The lowest BCUT2D eigenvalue weighted by molar-refractivity contribution is -0.384. The minimum absolute atomic E-state index is 0.119. The summed E-state index contributed by atoms with van der Waals surface area (Å²) in [6.45, 7) is 0.192. The second-order valence-corrected chi connectivity index (χ2v) is 5.72. The molecule has 1 N–H and O–H groups in total. The van der Waals surface area contributed by atoms with Crippen LogP contribution in [0, 0.1) is 10.1 Å². The van der Waals surface area contributed by atoms with Crippen molar-refractivity contribution in [3.05, 3.63) is 68.8 Å². The van der Waals surface area contributed by atoms with Gasteiger partial charge in [0.1, 0.15) is 11.5 Å². The van der Waals surface area contributed by atoms with E-state index in [2.05, 4.69) is 5.32 Å². The molecule has 0 spiro atoms. The Morgan fingerprint density at radius 2 is 2.21 bits per heavy atom. The van der Waals surface area contributed by atoms with Crippen LogP contribution in [0.1, 0.15) is 11.3 Å². The number of nitro benzene ring substituents is 1. The molecule has 2 aromatic rings. The molecule has 2 heterocycles. The number of hydrogen-bond donors (Lipinski definition) is 1. The smallest absolute Gasteiger partial charge is 0.276 e. The van der Waals surface area contributed by atoms with Crippen LogP contribution in [-0.2, 0) is 11.3 Å². The van der Waals surface area contributed by atoms with Gasteiger partial charge in [-0.2, -0.15) is 0 Å². The van der Waals surface area contributed by atoms with Gasteiger partial charge in [-0.05, 0) is 36.5 Å². The molecule has 0 saturated carbocycles. The van der Waals surface area contributed by atoms with Crippen molar-refractivity contribution in [1.29, 1.82) is 0 Å². The van der Waals surface area contributed by atoms with Gasteiger partial charge in [-0.3, -0.25) is 19.8 Å². The molecule has 7 nitrogen and oxygen atoms in total. The van der Waals surface area contributed by atoms with E-state index in [-0.39, 0.29) is 34.0 Å². The Morgan fingerprint density at radius 1 is 1.42 bits per heavy atom. The molecule has 0 unspecified atom stereocenters. The molecule has 122 valence electrons. The molecule has 1 fully saturated rings. The van der Waals surface area contributed by atoms with Crippen LogP contribution in [0.2, 0.25) is 5.02 Å². The number of nitrogens with zero attached hydrogens (tertiary/aromatic N) is 2. The van der Waals surface area contributed by atoms with Crippen LogP contribution in [0.5, 0.6) is 0 Å². The van der Waals surface area contributed by atoms with Crippen LogP contribution < -0.4 is 5.32 Å². The van der Waals surface area contributed by atoms with Gasteiger partial charge in [-0.15, -0.1) is 0 Å². The molecule has 1 aliphatic rings. The summed E-state index contributed by atoms with van der Waals surface area (Å²) in [5.41, 5.74) is 0.421. The molecule has 0 atom stereocenters. The molecule has 0 aliphatic carbocycles. The van der Waals surface area contributed by atoms with E-state index in [9.17, 15) is 14.9 Å². The van der Waals surface area contributed by atoms with Crippen molar-refractivity contribution in [1.82, 2.24) is 10.2 Å². The standard InChI is InChI=1S/C15H10ClN3O4S/c16-12-4-3-10(19(21)22)6-9(12)7-13-14(20)18(15(24)17-13)8-11-2-1-5-23-11/h1-7H,8H2,(H,17,24)/b13-7+. The van der Waals surface area contributed by atoms with Crippen molar-refractivity contribution >= 4 is 46.6 Å². The first-order chi connectivity index (χ1) is 11.5. The lowest BCUT2D eigenvalue weighted by Gasteiger charge is -2.11. The van der Waals surface area contributed by atoms with E-state index in [0.717, 1.165) is 0 Å². The topological polar surface area (TPSA) is 88.6 Å². The van der Waals surface area contributed by atoms with Crippen LogP contribution in [0.15, 0.2) is 46.7 Å². The molecule has 1 aliphatic heterocycles. The van der Waals surface area contributed by atoms with Gasteiger partial charge in [-0.25, -0.2) is 0 Å². The number of amides is 1. The molecule has 9 heteroatoms. The number of thiocarbonyl (C=S) groups is 1. The lowest BCUT2D eigenvalue weighted by atomic mass is 10.1. The number of carbonyl (C=O) groups is 1. The van der Waals surface area contributed by atoms with Gasteiger partial charge in [0, 0.05) is 22.7 Å². The SMILES string of the molecule is O=C1/C(=C\c2cc([N+](=O)[O-])ccc2Cl)NC(=S)N1Cc1ccco1. The summed E-state index contributed by atoms with van der Waals surface area (Å²) >= 11 is 11.2. The Balaban J connectivity index is 1.89. The molecule has 1 saturated heterocycles. The van der Waals surface area contributed by atoms with Crippen molar-refractivity contribution in [2.24, 2.45) is 0 Å². The quantitative estimate of drug-likeness (QED) is 0.388. The molecule has 24 heavy (non-hydrogen) atoms. The molecular weight excluding hydrogens is 354 g/mol. The maximum Gasteiger partial charge on any atom is 0.276 e. The summed E-state index contributed by atoms with van der Waals surface area (Å²) in [6.07, 6.45) is 2.94. The van der Waals surface area contributed by atoms with Gasteiger partial charge < -0.3 is 9.73 Å². The normalized spacial score (nSPS) is 15.9. The number of rotatable bonds is 4. The summed E-state index contributed by atoms with van der Waals surface area (Å²) in [4.78, 5) is 24.1. The summed E-state index contributed by atoms with van der Waals surface area (Å²) in [7, 11) is 0. The molecule has 1 aromatic heterocycles. The van der Waals surface area contributed by atoms with E-state index >= 15 is 0 Å². The summed E-state index contributed by atoms with van der Waals surface area (Å²) in [5.74, 6) is 0.223. The Kier molecular flexibility index (Phi) is 4.32. The number of carbonyl (C=O) groups excluding carboxylic acids is 1. The summed E-state index contributed by atoms with van der Waals surface area (Å²) in [5, 5.41) is 14.2. The average Bonchev–Trinajstić information content (AvgIpc) is 3.14. The Bertz CT molecular complexity index is 864. The second-order valence-electron chi connectivity index (χ2n) is 4.92. The number of halogens is 1. The highest BCUT2D eigenvalue weighted by Gasteiger charge is 2.31.